The van der Waals surface area contributed by atoms with Gasteiger partial charge in [0.25, 0.3) is 0 Å². The summed E-state index contributed by atoms with van der Waals surface area (Å²) in [6, 6.07) is 32.1. The first-order valence-corrected chi connectivity index (χ1v) is 13.7. The van der Waals surface area contributed by atoms with Crippen LogP contribution in [-0.4, -0.2) is 25.4 Å². The third-order valence-corrected chi connectivity index (χ3v) is 8.24. The molecular formula is C36H33N3. The summed E-state index contributed by atoms with van der Waals surface area (Å²) in [7, 11) is 1.83. The molecule has 0 amide bonds. The standard InChI is InChI=1S/C36H33N3/c1-25-15-13-22-29-32-30(35(38-3)39-34(37-2)26-16-7-4-8-17-26)23-14-24-31(32)36(33(25)29,27-18-9-5-10-19-27)28-20-11-6-12-21-28/h4-13,16-22,24-25H,2,14-15,23H2,1,3H3. The van der Waals surface area contributed by atoms with Gasteiger partial charge in [0.15, 0.2) is 11.7 Å². The van der Waals surface area contributed by atoms with E-state index in [2.05, 4.69) is 97.5 Å². The number of allylic oxidation sites excluding steroid dienone is 7. The molecule has 3 aromatic rings. The predicted molar refractivity (Wildman–Crippen MR) is 164 cm³/mol. The first-order chi connectivity index (χ1) is 19.2. The number of amidine groups is 2. The maximum atomic E-state index is 5.02. The Morgan fingerprint density at radius 2 is 1.46 bits per heavy atom. The van der Waals surface area contributed by atoms with Crippen molar-refractivity contribution in [1.29, 1.82) is 0 Å². The van der Waals surface area contributed by atoms with Gasteiger partial charge in [-0.25, -0.2) is 9.98 Å². The molecule has 0 bridgehead atoms. The van der Waals surface area contributed by atoms with Crippen LogP contribution in [0.5, 0.6) is 0 Å². The van der Waals surface area contributed by atoms with Gasteiger partial charge in [0.1, 0.15) is 0 Å². The van der Waals surface area contributed by atoms with E-state index < -0.39 is 0 Å². The zero-order valence-electron chi connectivity index (χ0n) is 22.6. The van der Waals surface area contributed by atoms with E-state index in [4.69, 9.17) is 9.98 Å². The van der Waals surface area contributed by atoms with E-state index in [1.54, 1.807) is 0 Å². The molecule has 1 atom stereocenters. The van der Waals surface area contributed by atoms with Crippen LogP contribution in [0.4, 0.5) is 0 Å². The third kappa shape index (κ3) is 4.01. The minimum Gasteiger partial charge on any atom is -0.270 e. The maximum absolute atomic E-state index is 5.02. The van der Waals surface area contributed by atoms with Gasteiger partial charge in [-0.15, -0.1) is 0 Å². The molecule has 0 fully saturated rings. The van der Waals surface area contributed by atoms with Crippen molar-refractivity contribution >= 4 is 18.4 Å². The Hall–Kier alpha value is -4.37. The molecular weight excluding hydrogens is 474 g/mol. The zero-order valence-corrected chi connectivity index (χ0v) is 22.6. The maximum Gasteiger partial charge on any atom is 0.160 e. The molecule has 0 radical (unpaired) electrons. The summed E-state index contributed by atoms with van der Waals surface area (Å²) >= 11 is 0. The monoisotopic (exact) mass is 507 g/mol. The summed E-state index contributed by atoms with van der Waals surface area (Å²) in [5.74, 6) is 1.72. The van der Waals surface area contributed by atoms with E-state index in [-0.39, 0.29) is 5.41 Å². The molecule has 39 heavy (non-hydrogen) atoms. The van der Waals surface area contributed by atoms with Gasteiger partial charge < -0.3 is 0 Å². The Morgan fingerprint density at radius 3 is 2.05 bits per heavy atom. The van der Waals surface area contributed by atoms with Crippen molar-refractivity contribution in [3.63, 3.8) is 0 Å². The number of nitrogens with zero attached hydrogens (tertiary/aromatic N) is 3. The average Bonchev–Trinajstić information content (AvgIpc) is 3.32. The van der Waals surface area contributed by atoms with Gasteiger partial charge in [-0.2, -0.15) is 0 Å². The van der Waals surface area contributed by atoms with Crippen molar-refractivity contribution in [2.24, 2.45) is 20.9 Å². The smallest absolute Gasteiger partial charge is 0.160 e. The molecule has 0 N–H and O–H groups in total. The molecule has 192 valence electrons. The number of fused-ring (bicyclic) bond motifs is 2. The summed E-state index contributed by atoms with van der Waals surface area (Å²) in [5, 5.41) is 0. The van der Waals surface area contributed by atoms with E-state index in [1.807, 2.05) is 37.4 Å². The number of hydrogen-bond acceptors (Lipinski definition) is 1. The van der Waals surface area contributed by atoms with Crippen LogP contribution in [-0.2, 0) is 5.41 Å². The summed E-state index contributed by atoms with van der Waals surface area (Å²) < 4.78 is 0. The molecule has 3 aliphatic carbocycles. The van der Waals surface area contributed by atoms with Crippen LogP contribution in [0.1, 0.15) is 42.9 Å². The van der Waals surface area contributed by atoms with Crippen LogP contribution in [0.15, 0.2) is 152 Å². The summed E-state index contributed by atoms with van der Waals surface area (Å²) in [6.07, 6.45) is 10.00. The Balaban J connectivity index is 1.65. The van der Waals surface area contributed by atoms with Gasteiger partial charge in [-0.05, 0) is 65.3 Å². The van der Waals surface area contributed by atoms with Gasteiger partial charge >= 0.3 is 0 Å². The Labute approximate surface area is 231 Å². The van der Waals surface area contributed by atoms with Crippen molar-refractivity contribution in [3.8, 4) is 0 Å². The van der Waals surface area contributed by atoms with E-state index in [9.17, 15) is 0 Å². The highest BCUT2D eigenvalue weighted by Crippen LogP contribution is 2.61. The fraction of sp³-hybridized carbons (Fsp3) is 0.194. The van der Waals surface area contributed by atoms with Gasteiger partial charge in [0.2, 0.25) is 0 Å². The highest BCUT2D eigenvalue weighted by atomic mass is 15.0. The lowest BCUT2D eigenvalue weighted by Gasteiger charge is -2.39. The molecule has 0 aromatic heterocycles. The average molecular weight is 508 g/mol. The number of rotatable bonds is 4. The fourth-order valence-electron chi connectivity index (χ4n) is 6.72. The fourth-order valence-corrected chi connectivity index (χ4v) is 6.72. The van der Waals surface area contributed by atoms with Crippen LogP contribution < -0.4 is 0 Å². The Kier molecular flexibility index (Phi) is 6.66. The van der Waals surface area contributed by atoms with Crippen molar-refractivity contribution in [1.82, 2.24) is 0 Å². The van der Waals surface area contributed by atoms with E-state index in [0.29, 0.717) is 11.8 Å². The molecule has 0 aliphatic heterocycles. The van der Waals surface area contributed by atoms with Gasteiger partial charge in [-0.1, -0.05) is 116 Å². The summed E-state index contributed by atoms with van der Waals surface area (Å²) in [4.78, 5) is 14.1. The van der Waals surface area contributed by atoms with Crippen LogP contribution in [0, 0.1) is 5.92 Å². The Bertz CT molecular complexity index is 1540. The van der Waals surface area contributed by atoms with Crippen molar-refractivity contribution in [3.05, 3.63) is 154 Å². The molecule has 0 heterocycles. The minimum atomic E-state index is -0.357. The lowest BCUT2D eigenvalue weighted by Crippen LogP contribution is -2.33. The molecule has 3 aliphatic rings. The predicted octanol–water partition coefficient (Wildman–Crippen LogP) is 8.07. The second-order valence-corrected chi connectivity index (χ2v) is 10.4. The molecule has 0 saturated heterocycles. The van der Waals surface area contributed by atoms with Gasteiger partial charge in [0, 0.05) is 18.2 Å². The minimum absolute atomic E-state index is 0.357. The van der Waals surface area contributed by atoms with E-state index in [0.717, 1.165) is 30.7 Å². The van der Waals surface area contributed by atoms with Crippen molar-refractivity contribution in [2.75, 3.05) is 7.05 Å². The number of hydrogen-bond donors (Lipinski definition) is 0. The lowest BCUT2D eigenvalue weighted by atomic mass is 9.62. The van der Waals surface area contributed by atoms with Crippen LogP contribution in [0.3, 0.4) is 0 Å². The first-order valence-electron chi connectivity index (χ1n) is 13.7. The van der Waals surface area contributed by atoms with Gasteiger partial charge in [0.05, 0.1) is 5.41 Å². The molecule has 6 rings (SSSR count). The molecule has 0 spiro atoms. The van der Waals surface area contributed by atoms with Crippen LogP contribution in [0.25, 0.3) is 0 Å². The largest absolute Gasteiger partial charge is 0.270 e. The Morgan fingerprint density at radius 1 is 0.846 bits per heavy atom. The summed E-state index contributed by atoms with van der Waals surface area (Å²) in [6.45, 7) is 6.21. The number of benzene rings is 3. The van der Waals surface area contributed by atoms with Crippen LogP contribution >= 0.6 is 0 Å². The highest BCUT2D eigenvalue weighted by molar-refractivity contribution is 6.13. The second-order valence-electron chi connectivity index (χ2n) is 10.4. The molecule has 3 nitrogen and oxygen atoms in total. The highest BCUT2D eigenvalue weighted by Gasteiger charge is 2.52. The molecule has 3 aromatic carbocycles. The second kappa shape index (κ2) is 10.4. The normalized spacial score (nSPS) is 20.5. The number of aliphatic imine (C=N–C) groups is 3. The van der Waals surface area contributed by atoms with E-state index >= 15 is 0 Å². The van der Waals surface area contributed by atoms with Crippen molar-refractivity contribution < 1.29 is 0 Å². The van der Waals surface area contributed by atoms with Gasteiger partial charge in [-0.3, -0.25) is 4.99 Å². The molecule has 1 unspecified atom stereocenters. The zero-order chi connectivity index (χ0) is 26.8. The molecule has 3 heteroatoms. The quantitative estimate of drug-likeness (QED) is 0.253. The van der Waals surface area contributed by atoms with E-state index in [1.165, 1.54) is 39.0 Å². The first kappa shape index (κ1) is 24.9. The molecule has 0 saturated carbocycles. The topological polar surface area (TPSA) is 37.1 Å². The lowest BCUT2D eigenvalue weighted by molar-refractivity contribution is 0.576. The SMILES string of the molecule is C=NC(=NC(=NC)C1=C2C(=CCC1)C(c1ccccc1)(c1ccccc1)C1=C2C=CCC1C)c1ccccc1. The van der Waals surface area contributed by atoms with Crippen LogP contribution in [0.2, 0.25) is 0 Å². The third-order valence-electron chi connectivity index (χ3n) is 8.24. The van der Waals surface area contributed by atoms with Crippen molar-refractivity contribution in [2.45, 2.75) is 31.6 Å². The summed E-state index contributed by atoms with van der Waals surface area (Å²) in [5.41, 5.74) is 9.83.